The molecule has 0 bridgehead atoms. The fourth-order valence-electron chi connectivity index (χ4n) is 1.24. The molecular weight excluding hydrogens is 236 g/mol. The van der Waals surface area contributed by atoms with Crippen molar-refractivity contribution in [2.75, 3.05) is 14.1 Å². The zero-order chi connectivity index (χ0) is 13.5. The summed E-state index contributed by atoms with van der Waals surface area (Å²) in [6.07, 6.45) is 1.39. The molecule has 1 aromatic carbocycles. The summed E-state index contributed by atoms with van der Waals surface area (Å²) in [7, 11) is 4.00. The molecule has 0 amide bonds. The largest absolute Gasteiger partial charge is 0.859 e. The third-order valence-corrected chi connectivity index (χ3v) is 1.99. The van der Waals surface area contributed by atoms with Gasteiger partial charge in [-0.05, 0) is 23.6 Å². The van der Waals surface area contributed by atoms with Crippen LogP contribution in [0.3, 0.4) is 0 Å². The molecule has 0 aliphatic heterocycles. The van der Waals surface area contributed by atoms with Crippen LogP contribution in [0.25, 0.3) is 11.1 Å². The zero-order valence-electron chi connectivity index (χ0n) is 10.1. The Bertz CT molecular complexity index is 507. The molecule has 7 nitrogen and oxygen atoms in total. The van der Waals surface area contributed by atoms with E-state index in [4.69, 9.17) is 0 Å². The highest BCUT2D eigenvalue weighted by Gasteiger charge is 2.06. The Labute approximate surface area is 104 Å². The Morgan fingerprint density at radius 1 is 1.28 bits per heavy atom. The molecule has 0 atom stereocenters. The quantitative estimate of drug-likeness (QED) is 0.571. The first kappa shape index (κ1) is 13.7. The van der Waals surface area contributed by atoms with E-state index in [9.17, 15) is 15.2 Å². The number of aromatic nitrogens is 2. The highest BCUT2D eigenvalue weighted by atomic mass is 16.6. The summed E-state index contributed by atoms with van der Waals surface area (Å²) in [4.78, 5) is 9.90. The van der Waals surface area contributed by atoms with Gasteiger partial charge in [0.1, 0.15) is 0 Å². The first-order chi connectivity index (χ1) is 8.60. The number of nitro benzene ring substituents is 1. The summed E-state index contributed by atoms with van der Waals surface area (Å²) in [6.45, 7) is 0. The van der Waals surface area contributed by atoms with Crippen molar-refractivity contribution >= 4 is 5.69 Å². The van der Waals surface area contributed by atoms with E-state index in [2.05, 4.69) is 10.2 Å². The Kier molecular flexibility index (Phi) is 4.82. The van der Waals surface area contributed by atoms with Gasteiger partial charge in [0, 0.05) is 17.7 Å². The predicted molar refractivity (Wildman–Crippen MR) is 63.9 cm³/mol. The number of aromatic amines is 1. The van der Waals surface area contributed by atoms with Gasteiger partial charge >= 0.3 is 0 Å². The minimum Gasteiger partial charge on any atom is -0.859 e. The molecule has 0 aliphatic rings. The Hall–Kier alpha value is -2.41. The first-order valence-corrected chi connectivity index (χ1v) is 5.29. The van der Waals surface area contributed by atoms with Crippen molar-refractivity contribution in [3.63, 3.8) is 0 Å². The van der Waals surface area contributed by atoms with Crippen molar-refractivity contribution in [3.8, 4) is 17.0 Å². The number of hydrogen-bond donors (Lipinski definition) is 2. The molecule has 0 saturated heterocycles. The Morgan fingerprint density at radius 2 is 1.83 bits per heavy atom. The number of non-ortho nitro benzene ring substituents is 1. The molecule has 0 fully saturated rings. The average Bonchev–Trinajstić information content (AvgIpc) is 2.77. The predicted octanol–water partition coefficient (Wildman–Crippen LogP) is -0.132. The smallest absolute Gasteiger partial charge is 0.269 e. The number of nitrogens with one attached hydrogen (secondary N) is 1. The van der Waals surface area contributed by atoms with E-state index in [1.54, 1.807) is 0 Å². The Morgan fingerprint density at radius 3 is 2.22 bits per heavy atom. The van der Waals surface area contributed by atoms with E-state index in [1.165, 1.54) is 30.5 Å². The van der Waals surface area contributed by atoms with Gasteiger partial charge in [0.15, 0.2) is 0 Å². The van der Waals surface area contributed by atoms with Crippen molar-refractivity contribution < 1.29 is 15.3 Å². The van der Waals surface area contributed by atoms with Gasteiger partial charge in [-0.2, -0.15) is 5.10 Å². The maximum absolute atomic E-state index is 11.2. The van der Waals surface area contributed by atoms with Crippen molar-refractivity contribution in [2.24, 2.45) is 0 Å². The molecule has 0 spiro atoms. The second kappa shape index (κ2) is 6.36. The minimum atomic E-state index is -0.489. The van der Waals surface area contributed by atoms with Crippen LogP contribution in [0.4, 0.5) is 5.69 Å². The van der Waals surface area contributed by atoms with Crippen LogP contribution in [0.2, 0.25) is 0 Å². The number of nitrogens with two attached hydrogens (primary N) is 1. The molecule has 1 aromatic heterocycles. The Balaban J connectivity index is 0.000000492. The number of nitrogens with zero attached hydrogens (tertiary/aromatic N) is 2. The average molecular weight is 250 g/mol. The van der Waals surface area contributed by atoms with Crippen LogP contribution in [0, 0.1) is 10.1 Å². The molecule has 0 aliphatic carbocycles. The van der Waals surface area contributed by atoms with Crippen LogP contribution in [0.5, 0.6) is 5.88 Å². The monoisotopic (exact) mass is 250 g/mol. The molecule has 2 aromatic rings. The van der Waals surface area contributed by atoms with Crippen LogP contribution in [-0.2, 0) is 0 Å². The van der Waals surface area contributed by atoms with Gasteiger partial charge in [-0.25, -0.2) is 0 Å². The molecule has 0 radical (unpaired) electrons. The van der Waals surface area contributed by atoms with Crippen LogP contribution in [-0.4, -0.2) is 29.2 Å². The number of quaternary nitrogens is 1. The lowest BCUT2D eigenvalue weighted by Crippen LogP contribution is -2.74. The first-order valence-electron chi connectivity index (χ1n) is 5.29. The second-order valence-electron chi connectivity index (χ2n) is 3.49. The van der Waals surface area contributed by atoms with E-state index in [0.717, 1.165) is 0 Å². The standard InChI is InChI=1S/C9H7N3O3.C2H7N/c13-9-8(5-10-11-9)6-1-3-7(4-2-6)12(14)15;1-3-2/h1-5H,(H2,10,11,13);3H,1-2H3. The van der Waals surface area contributed by atoms with Crippen molar-refractivity contribution in [1.82, 2.24) is 10.2 Å². The van der Waals surface area contributed by atoms with Gasteiger partial charge in [-0.3, -0.25) is 15.2 Å². The summed E-state index contributed by atoms with van der Waals surface area (Å²) in [6, 6.07) is 5.73. The van der Waals surface area contributed by atoms with Crippen molar-refractivity contribution in [2.45, 2.75) is 0 Å². The van der Waals surface area contributed by atoms with Gasteiger partial charge in [0.2, 0.25) is 0 Å². The molecule has 0 saturated carbocycles. The minimum absolute atomic E-state index is 0.00491. The third kappa shape index (κ3) is 3.29. The highest BCUT2D eigenvalue weighted by molar-refractivity contribution is 5.67. The topological polar surface area (TPSA) is 111 Å². The summed E-state index contributed by atoms with van der Waals surface area (Å²) >= 11 is 0. The van der Waals surface area contributed by atoms with Gasteiger partial charge in [-0.15, -0.1) is 0 Å². The van der Waals surface area contributed by atoms with E-state index >= 15 is 0 Å². The van der Waals surface area contributed by atoms with Gasteiger partial charge in [-0.1, -0.05) is 0 Å². The number of hydrogen-bond acceptors (Lipinski definition) is 4. The van der Waals surface area contributed by atoms with Crippen LogP contribution in [0.1, 0.15) is 0 Å². The third-order valence-electron chi connectivity index (χ3n) is 1.99. The van der Waals surface area contributed by atoms with E-state index in [0.29, 0.717) is 11.1 Å². The van der Waals surface area contributed by atoms with Crippen molar-refractivity contribution in [3.05, 3.63) is 40.6 Å². The zero-order valence-corrected chi connectivity index (χ0v) is 10.1. The number of nitro groups is 1. The maximum Gasteiger partial charge on any atom is 0.269 e. The molecule has 2 rings (SSSR count). The summed E-state index contributed by atoms with van der Waals surface area (Å²) in [5, 5.41) is 29.4. The SMILES string of the molecule is C[NH2+]C.O=[N+]([O-])c1ccc(-c2cn[nH]c2[O-])cc1. The van der Waals surface area contributed by atoms with Gasteiger partial charge < -0.3 is 10.4 Å². The van der Waals surface area contributed by atoms with Gasteiger partial charge in [0.25, 0.3) is 5.69 Å². The molecule has 96 valence electrons. The lowest BCUT2D eigenvalue weighted by atomic mass is 10.1. The highest BCUT2D eigenvalue weighted by Crippen LogP contribution is 2.26. The lowest BCUT2D eigenvalue weighted by Gasteiger charge is -2.04. The molecular formula is C11H14N4O3. The van der Waals surface area contributed by atoms with Gasteiger partial charge in [0.05, 0.1) is 25.2 Å². The van der Waals surface area contributed by atoms with E-state index in [-0.39, 0.29) is 11.6 Å². The molecule has 3 N–H and O–H groups in total. The number of H-pyrrole nitrogens is 1. The van der Waals surface area contributed by atoms with Crippen molar-refractivity contribution in [1.29, 1.82) is 0 Å². The number of benzene rings is 1. The fourth-order valence-corrected chi connectivity index (χ4v) is 1.24. The second-order valence-corrected chi connectivity index (χ2v) is 3.49. The summed E-state index contributed by atoms with van der Waals surface area (Å²) < 4.78 is 0. The van der Waals surface area contributed by atoms with E-state index in [1.807, 2.05) is 19.4 Å². The molecule has 1 heterocycles. The normalized spacial score (nSPS) is 9.44. The number of rotatable bonds is 2. The molecule has 18 heavy (non-hydrogen) atoms. The maximum atomic E-state index is 11.2. The van der Waals surface area contributed by atoms with Crippen LogP contribution < -0.4 is 10.4 Å². The summed E-state index contributed by atoms with van der Waals surface area (Å²) in [5.41, 5.74) is 1.01. The lowest BCUT2D eigenvalue weighted by molar-refractivity contribution is -0.597. The van der Waals surface area contributed by atoms with Crippen LogP contribution in [0.15, 0.2) is 30.5 Å². The molecule has 7 heteroatoms. The van der Waals surface area contributed by atoms with E-state index < -0.39 is 4.92 Å². The van der Waals surface area contributed by atoms with Crippen LogP contribution >= 0.6 is 0 Å². The summed E-state index contributed by atoms with van der Waals surface area (Å²) in [5.74, 6) is -0.302. The fraction of sp³-hybridized carbons (Fsp3) is 0.182. The molecule has 0 unspecified atom stereocenters.